The predicted octanol–water partition coefficient (Wildman–Crippen LogP) is 1.47. The first kappa shape index (κ1) is 17.8. The van der Waals surface area contributed by atoms with Crippen LogP contribution in [0.25, 0.3) is 5.69 Å². The van der Waals surface area contributed by atoms with Gasteiger partial charge in [0.05, 0.1) is 5.69 Å². The van der Waals surface area contributed by atoms with Gasteiger partial charge in [-0.25, -0.2) is 4.39 Å². The van der Waals surface area contributed by atoms with Gasteiger partial charge in [0.2, 0.25) is 0 Å². The second-order valence-electron chi connectivity index (χ2n) is 5.98. The van der Waals surface area contributed by atoms with Gasteiger partial charge in [-0.15, -0.1) is 0 Å². The Morgan fingerprint density at radius 1 is 1.25 bits per heavy atom. The number of carbonyl (C=O) groups excluding carboxylic acids is 1. The number of hydrogen-bond donors (Lipinski definition) is 2. The van der Waals surface area contributed by atoms with Crippen molar-refractivity contribution in [2.45, 2.75) is 26.3 Å². The molecule has 2 aromatic rings. The molecular formula is C17H21FN4O2. The summed E-state index contributed by atoms with van der Waals surface area (Å²) in [6.45, 7) is 4.41. The second kappa shape index (κ2) is 7.83. The van der Waals surface area contributed by atoms with Gasteiger partial charge in [0.25, 0.3) is 11.5 Å². The van der Waals surface area contributed by atoms with E-state index in [4.69, 9.17) is 5.73 Å². The van der Waals surface area contributed by atoms with Crippen molar-refractivity contribution in [3.8, 4) is 5.69 Å². The zero-order valence-electron chi connectivity index (χ0n) is 13.7. The third kappa shape index (κ3) is 4.48. The number of benzene rings is 1. The standard InChI is InChI=1S/C17H21FN4O2/c1-11(2)9-13(10-19)20-17(24)15-7-8-16(23)22(21-15)14-5-3-12(18)4-6-14/h3-8,11,13H,9-10,19H2,1-2H3,(H,20,24). The van der Waals surface area contributed by atoms with E-state index in [2.05, 4.69) is 10.4 Å². The predicted molar refractivity (Wildman–Crippen MR) is 89.6 cm³/mol. The van der Waals surface area contributed by atoms with E-state index in [0.717, 1.165) is 11.1 Å². The minimum Gasteiger partial charge on any atom is -0.347 e. The van der Waals surface area contributed by atoms with Gasteiger partial charge in [0.15, 0.2) is 0 Å². The van der Waals surface area contributed by atoms with Crippen molar-refractivity contribution < 1.29 is 9.18 Å². The van der Waals surface area contributed by atoms with E-state index in [9.17, 15) is 14.0 Å². The van der Waals surface area contributed by atoms with Crippen LogP contribution in [0.15, 0.2) is 41.2 Å². The topological polar surface area (TPSA) is 90.0 Å². The van der Waals surface area contributed by atoms with Crippen LogP contribution >= 0.6 is 0 Å². The fourth-order valence-corrected chi connectivity index (χ4v) is 2.34. The third-order valence-electron chi connectivity index (χ3n) is 3.48. The number of carbonyl (C=O) groups is 1. The molecular weight excluding hydrogens is 311 g/mol. The molecule has 1 atom stereocenters. The highest BCUT2D eigenvalue weighted by atomic mass is 19.1. The summed E-state index contributed by atoms with van der Waals surface area (Å²) in [7, 11) is 0. The summed E-state index contributed by atoms with van der Waals surface area (Å²) in [5, 5.41) is 6.89. The molecule has 0 spiro atoms. The maximum absolute atomic E-state index is 13.0. The number of nitrogens with zero attached hydrogens (tertiary/aromatic N) is 2. The lowest BCUT2D eigenvalue weighted by molar-refractivity contribution is 0.0927. The summed E-state index contributed by atoms with van der Waals surface area (Å²) in [6, 6.07) is 7.75. The van der Waals surface area contributed by atoms with Gasteiger partial charge in [-0.2, -0.15) is 9.78 Å². The zero-order valence-corrected chi connectivity index (χ0v) is 13.7. The SMILES string of the molecule is CC(C)CC(CN)NC(=O)c1ccc(=O)n(-c2ccc(F)cc2)n1. The molecule has 1 amide bonds. The molecule has 1 aromatic heterocycles. The largest absolute Gasteiger partial charge is 0.347 e. The molecule has 1 unspecified atom stereocenters. The van der Waals surface area contributed by atoms with Crippen LogP contribution in [0.1, 0.15) is 30.8 Å². The lowest BCUT2D eigenvalue weighted by Gasteiger charge is -2.18. The summed E-state index contributed by atoms with van der Waals surface area (Å²) in [5.41, 5.74) is 5.76. The fraction of sp³-hybridized carbons (Fsp3) is 0.353. The lowest BCUT2D eigenvalue weighted by atomic mass is 10.0. The maximum Gasteiger partial charge on any atom is 0.272 e. The van der Waals surface area contributed by atoms with Crippen molar-refractivity contribution in [1.29, 1.82) is 0 Å². The van der Waals surface area contributed by atoms with Crippen molar-refractivity contribution in [1.82, 2.24) is 15.1 Å². The summed E-state index contributed by atoms with van der Waals surface area (Å²) in [6.07, 6.45) is 0.750. The molecule has 0 bridgehead atoms. The Kier molecular flexibility index (Phi) is 5.81. The van der Waals surface area contributed by atoms with E-state index in [1.807, 2.05) is 13.8 Å². The van der Waals surface area contributed by atoms with Gasteiger partial charge in [0, 0.05) is 18.7 Å². The van der Waals surface area contributed by atoms with Gasteiger partial charge in [-0.3, -0.25) is 9.59 Å². The Hall–Kier alpha value is -2.54. The van der Waals surface area contributed by atoms with Crippen LogP contribution in [-0.2, 0) is 0 Å². The average molecular weight is 332 g/mol. The van der Waals surface area contributed by atoms with E-state index in [1.54, 1.807) is 0 Å². The molecule has 0 aliphatic carbocycles. The first-order valence-electron chi connectivity index (χ1n) is 7.78. The Morgan fingerprint density at radius 2 is 1.92 bits per heavy atom. The molecule has 0 saturated carbocycles. The van der Waals surface area contributed by atoms with Crippen LogP contribution in [0.5, 0.6) is 0 Å². The molecule has 0 saturated heterocycles. The molecule has 24 heavy (non-hydrogen) atoms. The van der Waals surface area contributed by atoms with Crippen LogP contribution < -0.4 is 16.6 Å². The summed E-state index contributed by atoms with van der Waals surface area (Å²) in [4.78, 5) is 24.3. The Morgan fingerprint density at radius 3 is 2.50 bits per heavy atom. The Bertz CT molecular complexity index is 756. The number of nitrogens with one attached hydrogen (secondary N) is 1. The number of halogens is 1. The van der Waals surface area contributed by atoms with E-state index in [-0.39, 0.29) is 11.7 Å². The van der Waals surface area contributed by atoms with E-state index in [0.29, 0.717) is 18.2 Å². The molecule has 0 aliphatic rings. The normalized spacial score (nSPS) is 12.2. The molecule has 2 rings (SSSR count). The molecule has 7 heteroatoms. The van der Waals surface area contributed by atoms with Crippen LogP contribution in [0.2, 0.25) is 0 Å². The number of hydrogen-bond acceptors (Lipinski definition) is 4. The Labute approximate surface area is 139 Å². The molecule has 6 nitrogen and oxygen atoms in total. The quantitative estimate of drug-likeness (QED) is 0.838. The smallest absolute Gasteiger partial charge is 0.272 e. The van der Waals surface area contributed by atoms with E-state index in [1.165, 1.54) is 36.4 Å². The minimum absolute atomic E-state index is 0.0983. The van der Waals surface area contributed by atoms with Crippen LogP contribution in [0.3, 0.4) is 0 Å². The zero-order chi connectivity index (χ0) is 17.7. The van der Waals surface area contributed by atoms with Gasteiger partial charge in [-0.05, 0) is 42.7 Å². The highest BCUT2D eigenvalue weighted by Gasteiger charge is 2.16. The third-order valence-corrected chi connectivity index (χ3v) is 3.48. The first-order valence-corrected chi connectivity index (χ1v) is 7.78. The lowest BCUT2D eigenvalue weighted by Crippen LogP contribution is -2.41. The highest BCUT2D eigenvalue weighted by molar-refractivity contribution is 5.92. The van der Waals surface area contributed by atoms with Gasteiger partial charge in [-0.1, -0.05) is 13.8 Å². The molecule has 0 aliphatic heterocycles. The molecule has 1 aromatic carbocycles. The molecule has 3 N–H and O–H groups in total. The molecule has 0 fully saturated rings. The van der Waals surface area contributed by atoms with Crippen molar-refractivity contribution in [3.05, 3.63) is 58.3 Å². The number of nitrogens with two attached hydrogens (primary N) is 1. The monoisotopic (exact) mass is 332 g/mol. The van der Waals surface area contributed by atoms with Gasteiger partial charge >= 0.3 is 0 Å². The Balaban J connectivity index is 2.25. The van der Waals surface area contributed by atoms with Crippen LogP contribution in [0.4, 0.5) is 4.39 Å². The van der Waals surface area contributed by atoms with Crippen molar-refractivity contribution in [2.75, 3.05) is 6.54 Å². The van der Waals surface area contributed by atoms with E-state index >= 15 is 0 Å². The van der Waals surface area contributed by atoms with Crippen LogP contribution in [0, 0.1) is 11.7 Å². The van der Waals surface area contributed by atoms with Crippen LogP contribution in [-0.4, -0.2) is 28.3 Å². The number of amides is 1. The highest BCUT2D eigenvalue weighted by Crippen LogP contribution is 2.07. The second-order valence-corrected chi connectivity index (χ2v) is 5.98. The van der Waals surface area contributed by atoms with Gasteiger partial charge in [0.1, 0.15) is 11.5 Å². The minimum atomic E-state index is -0.417. The number of rotatable bonds is 6. The van der Waals surface area contributed by atoms with Crippen molar-refractivity contribution in [3.63, 3.8) is 0 Å². The molecule has 1 heterocycles. The van der Waals surface area contributed by atoms with Crippen molar-refractivity contribution in [2.24, 2.45) is 11.7 Å². The summed E-state index contributed by atoms with van der Waals surface area (Å²) in [5.74, 6) is -0.429. The summed E-state index contributed by atoms with van der Waals surface area (Å²) >= 11 is 0. The molecule has 0 radical (unpaired) electrons. The van der Waals surface area contributed by atoms with E-state index < -0.39 is 17.3 Å². The maximum atomic E-state index is 13.0. The summed E-state index contributed by atoms with van der Waals surface area (Å²) < 4.78 is 14.1. The molecule has 128 valence electrons. The average Bonchev–Trinajstić information content (AvgIpc) is 2.55. The number of aromatic nitrogens is 2. The first-order chi connectivity index (χ1) is 11.4. The fourth-order valence-electron chi connectivity index (χ4n) is 2.34. The van der Waals surface area contributed by atoms with Crippen molar-refractivity contribution >= 4 is 5.91 Å². The van der Waals surface area contributed by atoms with Gasteiger partial charge < -0.3 is 11.1 Å².